The third kappa shape index (κ3) is 3.59. The minimum Gasteiger partial charge on any atom is -0.349 e. The van der Waals surface area contributed by atoms with Crippen molar-refractivity contribution in [1.29, 1.82) is 0 Å². The maximum absolute atomic E-state index is 11.9. The van der Waals surface area contributed by atoms with E-state index in [4.69, 9.17) is 0 Å². The van der Waals surface area contributed by atoms with Gasteiger partial charge in [-0.05, 0) is 19.3 Å². The molecule has 0 radical (unpaired) electrons. The van der Waals surface area contributed by atoms with Gasteiger partial charge in [0.05, 0.1) is 12.2 Å². The summed E-state index contributed by atoms with van der Waals surface area (Å²) in [5, 5.41) is 7.16. The Balaban J connectivity index is 1.73. The van der Waals surface area contributed by atoms with Crippen LogP contribution < -0.4 is 5.32 Å². The first-order valence-corrected chi connectivity index (χ1v) is 6.93. The SMILES string of the molecule is C[C@@H](NC(=O)CCC1CCCC1)c1cnn(C)c1. The third-order valence-corrected chi connectivity index (χ3v) is 3.86. The van der Waals surface area contributed by atoms with Crippen LogP contribution in [-0.2, 0) is 11.8 Å². The van der Waals surface area contributed by atoms with E-state index in [1.165, 1.54) is 25.7 Å². The van der Waals surface area contributed by atoms with E-state index in [1.807, 2.05) is 26.4 Å². The molecule has 0 spiro atoms. The first kappa shape index (κ1) is 13.1. The normalized spacial score (nSPS) is 17.9. The number of hydrogen-bond acceptors (Lipinski definition) is 2. The van der Waals surface area contributed by atoms with Crippen molar-refractivity contribution in [3.8, 4) is 0 Å². The zero-order valence-corrected chi connectivity index (χ0v) is 11.4. The fourth-order valence-electron chi connectivity index (χ4n) is 2.69. The predicted octanol–water partition coefficient (Wildman–Crippen LogP) is 2.57. The molecule has 1 aromatic rings. The lowest BCUT2D eigenvalue weighted by Crippen LogP contribution is -2.26. The predicted molar refractivity (Wildman–Crippen MR) is 71.0 cm³/mol. The minimum absolute atomic E-state index is 0.0507. The number of rotatable bonds is 5. The Morgan fingerprint density at radius 3 is 2.89 bits per heavy atom. The molecule has 0 saturated heterocycles. The molecule has 1 aliphatic carbocycles. The highest BCUT2D eigenvalue weighted by molar-refractivity contribution is 5.76. The summed E-state index contributed by atoms with van der Waals surface area (Å²) < 4.78 is 1.76. The van der Waals surface area contributed by atoms with Gasteiger partial charge in [-0.3, -0.25) is 9.48 Å². The summed E-state index contributed by atoms with van der Waals surface area (Å²) in [6, 6.07) is 0.0507. The summed E-state index contributed by atoms with van der Waals surface area (Å²) in [6.45, 7) is 2.00. The van der Waals surface area contributed by atoms with Gasteiger partial charge in [-0.1, -0.05) is 25.7 Å². The highest BCUT2D eigenvalue weighted by Crippen LogP contribution is 2.28. The molecule has 1 aromatic heterocycles. The van der Waals surface area contributed by atoms with Gasteiger partial charge in [0.25, 0.3) is 0 Å². The minimum atomic E-state index is 0.0507. The van der Waals surface area contributed by atoms with Crippen LogP contribution in [0.25, 0.3) is 0 Å². The Hall–Kier alpha value is -1.32. The second-order valence-corrected chi connectivity index (χ2v) is 5.43. The molecule has 0 aliphatic heterocycles. The fourth-order valence-corrected chi connectivity index (χ4v) is 2.69. The highest BCUT2D eigenvalue weighted by Gasteiger charge is 2.17. The summed E-state index contributed by atoms with van der Waals surface area (Å²) in [6.07, 6.45) is 10.8. The van der Waals surface area contributed by atoms with Crippen molar-refractivity contribution in [3.63, 3.8) is 0 Å². The molecular weight excluding hydrogens is 226 g/mol. The monoisotopic (exact) mass is 249 g/mol. The largest absolute Gasteiger partial charge is 0.349 e. The van der Waals surface area contributed by atoms with Crippen molar-refractivity contribution in [2.24, 2.45) is 13.0 Å². The van der Waals surface area contributed by atoms with Gasteiger partial charge in [0, 0.05) is 25.2 Å². The van der Waals surface area contributed by atoms with E-state index < -0.39 is 0 Å². The van der Waals surface area contributed by atoms with Crippen molar-refractivity contribution in [2.75, 3.05) is 0 Å². The molecular formula is C14H23N3O. The van der Waals surface area contributed by atoms with Crippen LogP contribution in [0.15, 0.2) is 12.4 Å². The summed E-state index contributed by atoms with van der Waals surface area (Å²) in [4.78, 5) is 11.9. The lowest BCUT2D eigenvalue weighted by atomic mass is 10.0. The van der Waals surface area contributed by atoms with E-state index in [0.717, 1.165) is 17.9 Å². The molecule has 1 atom stereocenters. The van der Waals surface area contributed by atoms with Crippen molar-refractivity contribution in [2.45, 2.75) is 51.5 Å². The van der Waals surface area contributed by atoms with E-state index in [0.29, 0.717) is 6.42 Å². The molecule has 1 heterocycles. The molecule has 0 bridgehead atoms. The average Bonchev–Trinajstić information content (AvgIpc) is 2.97. The van der Waals surface area contributed by atoms with Crippen molar-refractivity contribution < 1.29 is 4.79 Å². The number of amides is 1. The van der Waals surface area contributed by atoms with Gasteiger partial charge in [0.15, 0.2) is 0 Å². The number of nitrogens with zero attached hydrogens (tertiary/aromatic N) is 2. The summed E-state index contributed by atoms with van der Waals surface area (Å²) in [5.74, 6) is 0.947. The van der Waals surface area contributed by atoms with Crippen molar-refractivity contribution in [3.05, 3.63) is 18.0 Å². The molecule has 1 N–H and O–H groups in total. The maximum atomic E-state index is 11.9. The van der Waals surface area contributed by atoms with Crippen LogP contribution in [0.5, 0.6) is 0 Å². The Morgan fingerprint density at radius 2 is 2.28 bits per heavy atom. The second-order valence-electron chi connectivity index (χ2n) is 5.43. The molecule has 4 heteroatoms. The van der Waals surface area contributed by atoms with Crippen LogP contribution >= 0.6 is 0 Å². The molecule has 1 amide bonds. The molecule has 100 valence electrons. The van der Waals surface area contributed by atoms with E-state index in [2.05, 4.69) is 10.4 Å². The zero-order chi connectivity index (χ0) is 13.0. The van der Waals surface area contributed by atoms with Crippen molar-refractivity contribution in [1.82, 2.24) is 15.1 Å². The lowest BCUT2D eigenvalue weighted by Gasteiger charge is -2.13. The highest BCUT2D eigenvalue weighted by atomic mass is 16.1. The van der Waals surface area contributed by atoms with Crippen LogP contribution in [0.1, 0.15) is 57.1 Å². The van der Waals surface area contributed by atoms with Gasteiger partial charge in [-0.25, -0.2) is 0 Å². The average molecular weight is 249 g/mol. The fraction of sp³-hybridized carbons (Fsp3) is 0.714. The number of carbonyl (C=O) groups is 1. The van der Waals surface area contributed by atoms with E-state index in [1.54, 1.807) is 4.68 Å². The number of aromatic nitrogens is 2. The third-order valence-electron chi connectivity index (χ3n) is 3.86. The van der Waals surface area contributed by atoms with E-state index in [9.17, 15) is 4.79 Å². The number of hydrogen-bond donors (Lipinski definition) is 1. The van der Waals surface area contributed by atoms with Crippen molar-refractivity contribution >= 4 is 5.91 Å². The maximum Gasteiger partial charge on any atom is 0.220 e. The first-order chi connectivity index (χ1) is 8.65. The van der Waals surface area contributed by atoms with Crippen LogP contribution in [0.4, 0.5) is 0 Å². The quantitative estimate of drug-likeness (QED) is 0.871. The number of carbonyl (C=O) groups excluding carboxylic acids is 1. The summed E-state index contributed by atoms with van der Waals surface area (Å²) in [5.41, 5.74) is 1.06. The van der Waals surface area contributed by atoms with E-state index >= 15 is 0 Å². The van der Waals surface area contributed by atoms with E-state index in [-0.39, 0.29) is 11.9 Å². The van der Waals surface area contributed by atoms with Gasteiger partial charge in [0.1, 0.15) is 0 Å². The Labute approximate surface area is 109 Å². The molecule has 4 nitrogen and oxygen atoms in total. The number of aryl methyl sites for hydroxylation is 1. The Kier molecular flexibility index (Phi) is 4.39. The Bertz CT molecular complexity index is 393. The van der Waals surface area contributed by atoms with Gasteiger partial charge in [-0.15, -0.1) is 0 Å². The van der Waals surface area contributed by atoms with Gasteiger partial charge in [-0.2, -0.15) is 5.10 Å². The van der Waals surface area contributed by atoms with Crippen LogP contribution in [0.3, 0.4) is 0 Å². The number of nitrogens with one attached hydrogen (secondary N) is 1. The molecule has 1 aliphatic rings. The molecule has 2 rings (SSSR count). The standard InChI is InChI=1S/C14H23N3O/c1-11(13-9-15-17(2)10-13)16-14(18)8-7-12-5-3-4-6-12/h9-12H,3-8H2,1-2H3,(H,16,18)/t11-/m1/s1. The molecule has 0 unspecified atom stereocenters. The summed E-state index contributed by atoms with van der Waals surface area (Å²) in [7, 11) is 1.89. The lowest BCUT2D eigenvalue weighted by molar-refractivity contribution is -0.122. The van der Waals surface area contributed by atoms with Crippen LogP contribution in [-0.4, -0.2) is 15.7 Å². The summed E-state index contributed by atoms with van der Waals surface area (Å²) >= 11 is 0. The topological polar surface area (TPSA) is 46.9 Å². The second kappa shape index (κ2) is 6.03. The molecule has 1 fully saturated rings. The molecule has 1 saturated carbocycles. The van der Waals surface area contributed by atoms with Crippen LogP contribution in [0.2, 0.25) is 0 Å². The van der Waals surface area contributed by atoms with Crippen LogP contribution in [0, 0.1) is 5.92 Å². The Morgan fingerprint density at radius 1 is 1.56 bits per heavy atom. The van der Waals surface area contributed by atoms with Gasteiger partial charge in [0.2, 0.25) is 5.91 Å². The van der Waals surface area contributed by atoms with Gasteiger partial charge >= 0.3 is 0 Å². The molecule has 18 heavy (non-hydrogen) atoms. The first-order valence-electron chi connectivity index (χ1n) is 6.93. The van der Waals surface area contributed by atoms with Gasteiger partial charge < -0.3 is 5.32 Å². The smallest absolute Gasteiger partial charge is 0.220 e. The molecule has 0 aromatic carbocycles. The zero-order valence-electron chi connectivity index (χ0n) is 11.4.